The van der Waals surface area contributed by atoms with Crippen LogP contribution in [0.2, 0.25) is 0 Å². The quantitative estimate of drug-likeness (QED) is 0.676. The molecule has 0 radical (unpaired) electrons. The van der Waals surface area contributed by atoms with Gasteiger partial charge in [-0.05, 0) is 17.4 Å². The smallest absolute Gasteiger partial charge is 0.0181 e. The lowest BCUT2D eigenvalue weighted by atomic mass is 10.1. The molecular weight excluding hydrogens is 200 g/mol. The Kier molecular flexibility index (Phi) is 14.8. The number of benzene rings is 1. The molecule has 1 aromatic rings. The van der Waals surface area contributed by atoms with E-state index in [0.717, 1.165) is 5.75 Å². The molecule has 0 N–H and O–H groups in total. The summed E-state index contributed by atoms with van der Waals surface area (Å²) < 4.78 is 0. The van der Waals surface area contributed by atoms with Gasteiger partial charge < -0.3 is 0 Å². The molecule has 0 amide bonds. The highest BCUT2D eigenvalue weighted by Gasteiger charge is 1.89. The molecule has 15 heavy (non-hydrogen) atoms. The van der Waals surface area contributed by atoms with Crippen LogP contribution in [0.1, 0.15) is 38.8 Å². The minimum Gasteiger partial charge on any atom is -0.161 e. The predicted molar refractivity (Wildman–Crippen MR) is 76.4 cm³/mol. The Hall–Kier alpha value is -0.690. The van der Waals surface area contributed by atoms with E-state index in [2.05, 4.69) is 37.1 Å². The van der Waals surface area contributed by atoms with E-state index in [1.54, 1.807) is 0 Å². The molecule has 1 heteroatoms. The Morgan fingerprint density at radius 2 is 1.53 bits per heavy atom. The second-order valence-corrected chi connectivity index (χ2v) is 3.24. The van der Waals surface area contributed by atoms with Crippen LogP contribution in [0.5, 0.6) is 0 Å². The summed E-state index contributed by atoms with van der Waals surface area (Å²) in [5, 5.41) is 0. The number of hydrogen-bond acceptors (Lipinski definition) is 1. The van der Waals surface area contributed by atoms with Crippen LogP contribution >= 0.6 is 11.8 Å². The summed E-state index contributed by atoms with van der Waals surface area (Å²) in [5.74, 6) is 1.09. The van der Waals surface area contributed by atoms with Crippen molar-refractivity contribution >= 4 is 17.8 Å². The van der Waals surface area contributed by atoms with E-state index >= 15 is 0 Å². The first-order chi connectivity index (χ1) is 7.36. The van der Waals surface area contributed by atoms with Crippen LogP contribution in [0.3, 0.4) is 0 Å². The van der Waals surface area contributed by atoms with Gasteiger partial charge in [0.25, 0.3) is 0 Å². The predicted octanol–water partition coefficient (Wildman–Crippen LogP) is 5.25. The summed E-state index contributed by atoms with van der Waals surface area (Å²) in [7, 11) is 0. The van der Waals surface area contributed by atoms with Gasteiger partial charge in [-0.15, -0.1) is 0 Å². The normalized spacial score (nSPS) is 7.80. The fourth-order valence-corrected chi connectivity index (χ4v) is 1.44. The highest BCUT2D eigenvalue weighted by molar-refractivity contribution is 7.97. The maximum atomic E-state index is 3.70. The molecule has 0 spiro atoms. The molecule has 0 unspecified atom stereocenters. The van der Waals surface area contributed by atoms with E-state index < -0.39 is 0 Å². The number of hydrogen-bond donors (Lipinski definition) is 0. The highest BCUT2D eigenvalue weighted by Crippen LogP contribution is 2.10. The van der Waals surface area contributed by atoms with Crippen molar-refractivity contribution in [3.63, 3.8) is 0 Å². The van der Waals surface area contributed by atoms with Crippen LogP contribution in [-0.2, 0) is 5.75 Å². The Morgan fingerprint density at radius 1 is 1.07 bits per heavy atom. The van der Waals surface area contributed by atoms with Crippen LogP contribution in [0, 0.1) is 0 Å². The van der Waals surface area contributed by atoms with Crippen LogP contribution in [-0.4, -0.2) is 6.26 Å². The van der Waals surface area contributed by atoms with Crippen LogP contribution in [0.4, 0.5) is 0 Å². The van der Waals surface area contributed by atoms with E-state index in [0.29, 0.717) is 0 Å². The Bertz CT molecular complexity index is 224. The van der Waals surface area contributed by atoms with E-state index in [-0.39, 0.29) is 0 Å². The first kappa shape index (κ1) is 16.7. The van der Waals surface area contributed by atoms with Crippen molar-refractivity contribution < 1.29 is 0 Å². The lowest BCUT2D eigenvalue weighted by Crippen LogP contribution is -1.78. The highest BCUT2D eigenvalue weighted by atomic mass is 32.2. The van der Waals surface area contributed by atoms with Crippen LogP contribution in [0.15, 0.2) is 30.8 Å². The molecule has 0 heterocycles. The Morgan fingerprint density at radius 3 is 1.87 bits per heavy atom. The van der Waals surface area contributed by atoms with Crippen molar-refractivity contribution in [2.45, 2.75) is 33.4 Å². The van der Waals surface area contributed by atoms with Crippen molar-refractivity contribution in [1.82, 2.24) is 0 Å². The molecule has 0 saturated carbocycles. The SMILES string of the molecule is C=Cc1ccc(CSC)cc1.CC.CC. The lowest BCUT2D eigenvalue weighted by Gasteiger charge is -1.97. The van der Waals surface area contributed by atoms with Gasteiger partial charge in [0.05, 0.1) is 0 Å². The summed E-state index contributed by atoms with van der Waals surface area (Å²) in [6.07, 6.45) is 3.98. The topological polar surface area (TPSA) is 0 Å². The third-order valence-corrected chi connectivity index (χ3v) is 2.15. The van der Waals surface area contributed by atoms with Gasteiger partial charge in [-0.25, -0.2) is 0 Å². The van der Waals surface area contributed by atoms with Gasteiger partial charge in [0.15, 0.2) is 0 Å². The summed E-state index contributed by atoms with van der Waals surface area (Å²) in [5.41, 5.74) is 2.57. The van der Waals surface area contributed by atoms with Gasteiger partial charge in [0, 0.05) is 5.75 Å². The zero-order chi connectivity index (χ0) is 12.1. The van der Waals surface area contributed by atoms with E-state index in [9.17, 15) is 0 Å². The van der Waals surface area contributed by atoms with Gasteiger partial charge in [-0.2, -0.15) is 11.8 Å². The third-order valence-electron chi connectivity index (χ3n) is 1.53. The van der Waals surface area contributed by atoms with E-state index in [1.807, 2.05) is 45.5 Å². The van der Waals surface area contributed by atoms with Gasteiger partial charge in [0.2, 0.25) is 0 Å². The summed E-state index contributed by atoms with van der Waals surface area (Å²) in [6, 6.07) is 8.48. The molecule has 0 nitrogen and oxygen atoms in total. The minimum atomic E-state index is 1.09. The molecule has 1 rings (SSSR count). The van der Waals surface area contributed by atoms with Crippen molar-refractivity contribution in [1.29, 1.82) is 0 Å². The van der Waals surface area contributed by atoms with Crippen molar-refractivity contribution in [3.05, 3.63) is 42.0 Å². The number of thioether (sulfide) groups is 1. The molecule has 0 aliphatic heterocycles. The first-order valence-electron chi connectivity index (χ1n) is 5.57. The molecule has 86 valence electrons. The van der Waals surface area contributed by atoms with Gasteiger partial charge in [-0.3, -0.25) is 0 Å². The monoisotopic (exact) mass is 224 g/mol. The molecule has 0 aromatic heterocycles. The Balaban J connectivity index is 0. The second kappa shape index (κ2) is 13.3. The van der Waals surface area contributed by atoms with E-state index in [1.165, 1.54) is 11.1 Å². The average Bonchev–Trinajstić information content (AvgIpc) is 2.36. The Labute approximate surface area is 99.8 Å². The lowest BCUT2D eigenvalue weighted by molar-refractivity contribution is 1.41. The molecule has 1 aromatic carbocycles. The molecule has 0 saturated heterocycles. The largest absolute Gasteiger partial charge is 0.161 e. The van der Waals surface area contributed by atoms with Crippen LogP contribution in [0.25, 0.3) is 6.08 Å². The van der Waals surface area contributed by atoms with Crippen molar-refractivity contribution in [3.8, 4) is 0 Å². The van der Waals surface area contributed by atoms with Crippen molar-refractivity contribution in [2.24, 2.45) is 0 Å². The molecule has 0 atom stereocenters. The van der Waals surface area contributed by atoms with Crippen molar-refractivity contribution in [2.75, 3.05) is 6.26 Å². The molecule has 0 fully saturated rings. The van der Waals surface area contributed by atoms with Gasteiger partial charge in [-0.1, -0.05) is 64.6 Å². The maximum absolute atomic E-state index is 3.70. The minimum absolute atomic E-state index is 1.09. The zero-order valence-corrected chi connectivity index (χ0v) is 11.5. The molecule has 0 bridgehead atoms. The first-order valence-corrected chi connectivity index (χ1v) is 6.96. The summed E-state index contributed by atoms with van der Waals surface area (Å²) in [4.78, 5) is 0. The summed E-state index contributed by atoms with van der Waals surface area (Å²) >= 11 is 1.84. The number of rotatable bonds is 3. The molecule has 0 aliphatic carbocycles. The maximum Gasteiger partial charge on any atom is 0.0181 e. The molecule has 0 aliphatic rings. The fraction of sp³-hybridized carbons (Fsp3) is 0.429. The third kappa shape index (κ3) is 8.31. The average molecular weight is 224 g/mol. The summed E-state index contributed by atoms with van der Waals surface area (Å²) in [6.45, 7) is 11.7. The van der Waals surface area contributed by atoms with Crippen LogP contribution < -0.4 is 0 Å². The molecular formula is C14H24S. The second-order valence-electron chi connectivity index (χ2n) is 2.38. The van der Waals surface area contributed by atoms with Gasteiger partial charge >= 0.3 is 0 Å². The van der Waals surface area contributed by atoms with E-state index in [4.69, 9.17) is 0 Å². The van der Waals surface area contributed by atoms with Gasteiger partial charge in [0.1, 0.15) is 0 Å². The zero-order valence-electron chi connectivity index (χ0n) is 10.7. The standard InChI is InChI=1S/C10H12S.2C2H6/c1-3-9-4-6-10(7-5-9)8-11-2;2*1-2/h3-7H,1,8H2,2H3;2*1-2H3. The fourth-order valence-electron chi connectivity index (χ4n) is 0.917.